The Hall–Kier alpha value is -1.06. The van der Waals surface area contributed by atoms with E-state index in [4.69, 9.17) is 9.84 Å². The number of ether oxygens (including phenoxy) is 1. The van der Waals surface area contributed by atoms with Crippen LogP contribution in [0, 0.1) is 11.8 Å². The van der Waals surface area contributed by atoms with E-state index >= 15 is 0 Å². The zero-order chi connectivity index (χ0) is 12.7. The number of carbonyl (C=O) groups is 2. The van der Waals surface area contributed by atoms with Gasteiger partial charge >= 0.3 is 11.9 Å². The van der Waals surface area contributed by atoms with Crippen LogP contribution in [-0.4, -0.2) is 23.1 Å². The molecule has 0 aliphatic heterocycles. The highest BCUT2D eigenvalue weighted by Crippen LogP contribution is 2.12. The van der Waals surface area contributed by atoms with Crippen LogP contribution in [0.2, 0.25) is 0 Å². The van der Waals surface area contributed by atoms with Gasteiger partial charge in [-0.25, -0.2) is 0 Å². The molecule has 0 saturated carbocycles. The number of carboxylic acid groups (broad SMARTS) is 1. The lowest BCUT2D eigenvalue weighted by atomic mass is 10.0. The van der Waals surface area contributed by atoms with Gasteiger partial charge < -0.3 is 9.84 Å². The summed E-state index contributed by atoms with van der Waals surface area (Å²) in [5.74, 6) is -1.10. The van der Waals surface area contributed by atoms with Gasteiger partial charge in [0.15, 0.2) is 0 Å². The molecule has 0 radical (unpaired) electrons. The molecule has 0 saturated heterocycles. The fraction of sp³-hybridized carbons (Fsp3) is 0.833. The summed E-state index contributed by atoms with van der Waals surface area (Å²) >= 11 is 0. The summed E-state index contributed by atoms with van der Waals surface area (Å²) in [5, 5.41) is 8.69. The third-order valence-corrected chi connectivity index (χ3v) is 2.34. The Balaban J connectivity index is 3.78. The molecule has 1 N–H and O–H groups in total. The molecule has 4 heteroatoms. The van der Waals surface area contributed by atoms with Gasteiger partial charge in [0.05, 0.1) is 12.0 Å². The van der Waals surface area contributed by atoms with Crippen molar-refractivity contribution in [3.05, 3.63) is 0 Å². The van der Waals surface area contributed by atoms with Crippen LogP contribution in [0.3, 0.4) is 0 Å². The summed E-state index contributed by atoms with van der Waals surface area (Å²) in [4.78, 5) is 21.9. The molecule has 4 nitrogen and oxygen atoms in total. The number of carboxylic acids is 1. The molecule has 2 atom stereocenters. The second-order valence-corrected chi connectivity index (χ2v) is 4.72. The van der Waals surface area contributed by atoms with E-state index in [-0.39, 0.29) is 23.9 Å². The Morgan fingerprint density at radius 2 is 1.69 bits per heavy atom. The molecule has 0 amide bonds. The van der Waals surface area contributed by atoms with E-state index in [1.165, 1.54) is 0 Å². The minimum absolute atomic E-state index is 0.201. The molecule has 0 aliphatic rings. The molecule has 0 spiro atoms. The fourth-order valence-electron chi connectivity index (χ4n) is 1.27. The van der Waals surface area contributed by atoms with E-state index in [1.807, 2.05) is 13.8 Å². The average Bonchev–Trinajstić information content (AvgIpc) is 2.12. The van der Waals surface area contributed by atoms with Crippen molar-refractivity contribution in [1.82, 2.24) is 0 Å². The number of hydrogen-bond acceptors (Lipinski definition) is 3. The van der Waals surface area contributed by atoms with E-state index < -0.39 is 5.97 Å². The lowest BCUT2D eigenvalue weighted by Crippen LogP contribution is -2.18. The molecule has 0 aliphatic carbocycles. The maximum Gasteiger partial charge on any atom is 0.306 e. The summed E-state index contributed by atoms with van der Waals surface area (Å²) in [6.45, 7) is 7.37. The zero-order valence-corrected chi connectivity index (χ0v) is 10.5. The predicted octanol–water partition coefficient (Wildman–Crippen LogP) is 2.47. The third kappa shape index (κ3) is 7.26. The van der Waals surface area contributed by atoms with E-state index in [2.05, 4.69) is 0 Å². The number of esters is 1. The third-order valence-electron chi connectivity index (χ3n) is 2.34. The fourth-order valence-corrected chi connectivity index (χ4v) is 1.27. The molecular weight excluding hydrogens is 208 g/mol. The molecule has 16 heavy (non-hydrogen) atoms. The first-order chi connectivity index (χ1) is 7.32. The van der Waals surface area contributed by atoms with Gasteiger partial charge in [-0.05, 0) is 25.7 Å². The van der Waals surface area contributed by atoms with E-state index in [0.717, 1.165) is 0 Å². The van der Waals surface area contributed by atoms with Crippen molar-refractivity contribution in [2.45, 2.75) is 53.1 Å². The molecule has 0 bridgehead atoms. The van der Waals surface area contributed by atoms with Gasteiger partial charge in [-0.3, -0.25) is 9.59 Å². The highest BCUT2D eigenvalue weighted by molar-refractivity contribution is 5.70. The maximum absolute atomic E-state index is 11.3. The Morgan fingerprint density at radius 1 is 1.12 bits per heavy atom. The van der Waals surface area contributed by atoms with Crippen molar-refractivity contribution in [2.75, 3.05) is 0 Å². The average molecular weight is 230 g/mol. The Bertz CT molecular complexity index is 235. The predicted molar refractivity (Wildman–Crippen MR) is 61.0 cm³/mol. The molecule has 0 fully saturated rings. The highest BCUT2D eigenvalue weighted by atomic mass is 16.5. The van der Waals surface area contributed by atoms with Crippen molar-refractivity contribution < 1.29 is 19.4 Å². The van der Waals surface area contributed by atoms with Crippen LogP contribution in [0.15, 0.2) is 0 Å². The first-order valence-electron chi connectivity index (χ1n) is 5.75. The van der Waals surface area contributed by atoms with E-state index in [9.17, 15) is 9.59 Å². The normalized spacial score (nSPS) is 14.6. The number of hydrogen-bond donors (Lipinski definition) is 1. The number of carbonyl (C=O) groups excluding carboxylic acids is 1. The van der Waals surface area contributed by atoms with Crippen LogP contribution < -0.4 is 0 Å². The molecular formula is C12H22O4. The minimum Gasteiger partial charge on any atom is -0.481 e. The van der Waals surface area contributed by atoms with Gasteiger partial charge in [-0.1, -0.05) is 20.8 Å². The van der Waals surface area contributed by atoms with Gasteiger partial charge in [0.2, 0.25) is 0 Å². The second kappa shape index (κ2) is 7.25. The van der Waals surface area contributed by atoms with Crippen molar-refractivity contribution in [3.63, 3.8) is 0 Å². The van der Waals surface area contributed by atoms with Crippen molar-refractivity contribution in [2.24, 2.45) is 11.8 Å². The van der Waals surface area contributed by atoms with Crippen LogP contribution in [0.4, 0.5) is 0 Å². The highest BCUT2D eigenvalue weighted by Gasteiger charge is 2.15. The van der Waals surface area contributed by atoms with Crippen molar-refractivity contribution >= 4 is 11.9 Å². The van der Waals surface area contributed by atoms with Gasteiger partial charge in [-0.15, -0.1) is 0 Å². The SMILES string of the molecule is CC(C)CC(=O)OC(C)CCC(C)C(=O)O. The molecule has 0 aromatic carbocycles. The summed E-state index contributed by atoms with van der Waals surface area (Å²) in [6.07, 6.45) is 1.34. The number of aliphatic carboxylic acids is 1. The topological polar surface area (TPSA) is 63.6 Å². The first-order valence-corrected chi connectivity index (χ1v) is 5.75. The van der Waals surface area contributed by atoms with Gasteiger partial charge in [-0.2, -0.15) is 0 Å². The van der Waals surface area contributed by atoms with Crippen molar-refractivity contribution in [3.8, 4) is 0 Å². The molecule has 0 aromatic rings. The molecule has 0 aromatic heterocycles. The minimum atomic E-state index is -0.805. The molecule has 94 valence electrons. The summed E-state index contributed by atoms with van der Waals surface area (Å²) in [6, 6.07) is 0. The van der Waals surface area contributed by atoms with E-state index in [0.29, 0.717) is 19.3 Å². The van der Waals surface area contributed by atoms with Gasteiger partial charge in [0.1, 0.15) is 0 Å². The lowest BCUT2D eigenvalue weighted by molar-refractivity contribution is -0.149. The van der Waals surface area contributed by atoms with Crippen LogP contribution in [0.1, 0.15) is 47.0 Å². The van der Waals surface area contributed by atoms with Crippen LogP contribution in [0.25, 0.3) is 0 Å². The van der Waals surface area contributed by atoms with Gasteiger partial charge in [0.25, 0.3) is 0 Å². The molecule has 0 rings (SSSR count). The quantitative estimate of drug-likeness (QED) is 0.682. The van der Waals surface area contributed by atoms with Crippen molar-refractivity contribution in [1.29, 1.82) is 0 Å². The molecule has 2 unspecified atom stereocenters. The van der Waals surface area contributed by atoms with Gasteiger partial charge in [0, 0.05) is 6.42 Å². The zero-order valence-electron chi connectivity index (χ0n) is 10.5. The molecule has 0 heterocycles. The maximum atomic E-state index is 11.3. The summed E-state index contributed by atoms with van der Waals surface area (Å²) < 4.78 is 5.16. The summed E-state index contributed by atoms with van der Waals surface area (Å²) in [7, 11) is 0. The Kier molecular flexibility index (Phi) is 6.77. The smallest absolute Gasteiger partial charge is 0.306 e. The van der Waals surface area contributed by atoms with Crippen LogP contribution in [-0.2, 0) is 14.3 Å². The Labute approximate surface area is 97.0 Å². The lowest BCUT2D eigenvalue weighted by Gasteiger charge is -2.15. The standard InChI is InChI=1S/C12H22O4/c1-8(2)7-11(13)16-10(4)6-5-9(3)12(14)15/h8-10H,5-7H2,1-4H3,(H,14,15). The first kappa shape index (κ1) is 14.9. The number of rotatable bonds is 7. The summed E-state index contributed by atoms with van der Waals surface area (Å²) in [5.41, 5.74) is 0. The monoisotopic (exact) mass is 230 g/mol. The van der Waals surface area contributed by atoms with E-state index in [1.54, 1.807) is 13.8 Å². The Morgan fingerprint density at radius 3 is 2.12 bits per heavy atom. The van der Waals surface area contributed by atoms with Crippen LogP contribution >= 0.6 is 0 Å². The van der Waals surface area contributed by atoms with Crippen LogP contribution in [0.5, 0.6) is 0 Å². The largest absolute Gasteiger partial charge is 0.481 e. The second-order valence-electron chi connectivity index (χ2n) is 4.72.